The minimum absolute atomic E-state index is 0.0411. The molecule has 8 atom stereocenters. The Hall–Kier alpha value is -7.60. The van der Waals surface area contributed by atoms with Crippen LogP contribution >= 0.6 is 0 Å². The minimum atomic E-state index is -2.10. The van der Waals surface area contributed by atoms with E-state index in [1.807, 2.05) is 102 Å². The molecule has 2 fully saturated rings. The first-order chi connectivity index (χ1) is 33.7. The maximum atomic E-state index is 16.6. The highest BCUT2D eigenvalue weighted by molar-refractivity contribution is 6.24. The maximum absolute atomic E-state index is 16.6. The number of rotatable bonds is 13. The highest BCUT2D eigenvalue weighted by atomic mass is 16.6. The Bertz CT molecular complexity index is 2880. The second-order valence-electron chi connectivity index (χ2n) is 17.3. The van der Waals surface area contributed by atoms with E-state index in [2.05, 4.69) is 22.5 Å². The van der Waals surface area contributed by atoms with E-state index < -0.39 is 71.5 Å². The van der Waals surface area contributed by atoms with Crippen LogP contribution in [0.3, 0.4) is 0 Å². The van der Waals surface area contributed by atoms with Gasteiger partial charge < -0.3 is 35.4 Å². The molecule has 1 spiro atoms. The van der Waals surface area contributed by atoms with E-state index in [0.717, 1.165) is 16.0 Å². The average molecular weight is 925 g/mol. The Morgan fingerprint density at radius 2 is 1.39 bits per heavy atom. The molecule has 3 aliphatic heterocycles. The molecule has 0 radical (unpaired) electrons. The fraction of sp³-hybridized carbons (Fsp3) is 0.250. The van der Waals surface area contributed by atoms with Gasteiger partial charge in [-0.3, -0.25) is 19.3 Å². The third-order valence-electron chi connectivity index (χ3n) is 13.2. The van der Waals surface area contributed by atoms with E-state index in [0.29, 0.717) is 28.0 Å². The van der Waals surface area contributed by atoms with Crippen LogP contribution in [0.2, 0.25) is 0 Å². The predicted octanol–water partition coefficient (Wildman–Crippen LogP) is 6.78. The van der Waals surface area contributed by atoms with Crippen molar-refractivity contribution in [1.29, 1.82) is 0 Å². The Kier molecular flexibility index (Phi) is 13.7. The number of cyclic esters (lactones) is 1. The third kappa shape index (κ3) is 8.75. The Balaban J connectivity index is 1.33. The van der Waals surface area contributed by atoms with E-state index >= 15 is 19.2 Å². The van der Waals surface area contributed by atoms with Crippen LogP contribution < -0.4 is 20.3 Å². The number of nitrogens with one attached hydrogen (secondary N) is 2. The predicted molar refractivity (Wildman–Crippen MR) is 257 cm³/mol. The summed E-state index contributed by atoms with van der Waals surface area (Å²) in [5.41, 5.74) is 1.94. The molecule has 5 N–H and O–H groups in total. The van der Waals surface area contributed by atoms with Crippen molar-refractivity contribution in [3.05, 3.63) is 203 Å². The first kappa shape index (κ1) is 46.5. The SMILES string of the molecule is C[C@@H](NC(=O)N1C(=O)[C@@]2(c3cc(C#CCCO)ccc31)[C@H](C(=O)NC[C@H](O)c1ccccc1)[C@H]1C(=O)O[C@H](c3ccccc3)[C@H](c3ccccc3)N1[C@@H]2c1cccc(OCCO)c1)c1ccccc1. The van der Waals surface area contributed by atoms with Crippen molar-refractivity contribution >= 4 is 29.5 Å². The van der Waals surface area contributed by atoms with Gasteiger partial charge in [-0.05, 0) is 70.6 Å². The van der Waals surface area contributed by atoms with Gasteiger partial charge in [0.15, 0.2) is 0 Å². The minimum Gasteiger partial charge on any atom is -0.491 e. The van der Waals surface area contributed by atoms with Crippen LogP contribution in [0.5, 0.6) is 5.75 Å². The summed E-state index contributed by atoms with van der Waals surface area (Å²) in [6.45, 7) is 1.01. The summed E-state index contributed by atoms with van der Waals surface area (Å²) < 4.78 is 12.6. The number of nitrogens with zero attached hydrogens (tertiary/aromatic N) is 2. The smallest absolute Gasteiger partial charge is 0.329 e. The van der Waals surface area contributed by atoms with Gasteiger partial charge in [-0.25, -0.2) is 9.69 Å². The van der Waals surface area contributed by atoms with E-state index in [1.165, 1.54) is 0 Å². The molecule has 0 bridgehead atoms. The summed E-state index contributed by atoms with van der Waals surface area (Å²) in [5.74, 6) is 2.50. The molecule has 0 aromatic heterocycles. The second-order valence-corrected chi connectivity index (χ2v) is 17.3. The van der Waals surface area contributed by atoms with E-state index in [9.17, 15) is 15.3 Å². The largest absolute Gasteiger partial charge is 0.491 e. The molecule has 0 aliphatic carbocycles. The molecule has 3 aliphatic rings. The van der Waals surface area contributed by atoms with Gasteiger partial charge >= 0.3 is 12.0 Å². The molecular formula is C56H52N4O9. The number of carbonyl (C=O) groups is 4. The number of aliphatic hydroxyl groups excluding tert-OH is 3. The summed E-state index contributed by atoms with van der Waals surface area (Å²) in [5, 5.41) is 36.9. The number of carbonyl (C=O) groups excluding carboxylic acids is 4. The average Bonchev–Trinajstić information content (AvgIpc) is 3.84. The summed E-state index contributed by atoms with van der Waals surface area (Å²) in [7, 11) is 0. The number of anilines is 1. The van der Waals surface area contributed by atoms with Crippen LogP contribution in [0, 0.1) is 17.8 Å². The lowest BCUT2D eigenvalue weighted by atomic mass is 9.65. The summed E-state index contributed by atoms with van der Waals surface area (Å²) in [6, 6.07) is 43.9. The van der Waals surface area contributed by atoms with Crippen molar-refractivity contribution < 1.29 is 44.0 Å². The molecule has 350 valence electrons. The topological polar surface area (TPSA) is 178 Å². The van der Waals surface area contributed by atoms with Crippen molar-refractivity contribution in [2.75, 3.05) is 31.3 Å². The number of hydrogen-bond acceptors (Lipinski definition) is 10. The summed E-state index contributed by atoms with van der Waals surface area (Å²) in [6.07, 6.45) is -1.96. The number of esters is 1. The monoisotopic (exact) mass is 924 g/mol. The van der Waals surface area contributed by atoms with Crippen LogP contribution in [0.1, 0.15) is 82.6 Å². The number of amides is 4. The number of hydrogen-bond donors (Lipinski definition) is 5. The van der Waals surface area contributed by atoms with Gasteiger partial charge in [0.05, 0.1) is 49.0 Å². The number of morpholine rings is 1. The Morgan fingerprint density at radius 1 is 0.754 bits per heavy atom. The third-order valence-corrected chi connectivity index (χ3v) is 13.2. The molecule has 6 aromatic rings. The molecule has 0 unspecified atom stereocenters. The lowest BCUT2D eigenvalue weighted by Gasteiger charge is -2.46. The second kappa shape index (κ2) is 20.3. The van der Waals surface area contributed by atoms with E-state index in [1.54, 1.807) is 73.7 Å². The Labute approximate surface area is 400 Å². The zero-order valence-electron chi connectivity index (χ0n) is 37.9. The maximum Gasteiger partial charge on any atom is 0.329 e. The van der Waals surface area contributed by atoms with Crippen molar-refractivity contribution in [3.63, 3.8) is 0 Å². The van der Waals surface area contributed by atoms with Gasteiger partial charge in [0, 0.05) is 18.5 Å². The molecule has 13 nitrogen and oxygen atoms in total. The van der Waals surface area contributed by atoms with Crippen LogP contribution in [-0.2, 0) is 24.5 Å². The fourth-order valence-electron chi connectivity index (χ4n) is 10.3. The van der Waals surface area contributed by atoms with Crippen molar-refractivity contribution in [2.24, 2.45) is 5.92 Å². The van der Waals surface area contributed by atoms with Gasteiger partial charge in [-0.1, -0.05) is 145 Å². The van der Waals surface area contributed by atoms with E-state index in [4.69, 9.17) is 9.47 Å². The van der Waals surface area contributed by atoms with Crippen molar-refractivity contribution in [1.82, 2.24) is 15.5 Å². The molecular weight excluding hydrogens is 873 g/mol. The standard InChI is InChI=1S/C56H52N4O9/c1-36(38-18-6-2-7-19-38)58-55(67)59-45-29-28-37(17-14-15-30-61)33-44(45)56(54(59)66)47(52(64)57-35-46(63)39-20-8-3-9-21-39)49-53(65)69-50(41-24-12-5-13-25-41)48(40-22-10-4-11-23-40)60(49)51(56)42-26-16-27-43(34-42)68-32-31-62/h2-13,16,18-29,33-34,36,46-51,61-63H,15,30-32,35H2,1H3,(H,57,64)(H,58,67)/t36-,46+,47+,48+,49+,50-,51-,56+/m1/s1. The molecule has 6 aromatic carbocycles. The quantitative estimate of drug-likeness (QED) is 0.0613. The first-order valence-electron chi connectivity index (χ1n) is 23.0. The number of benzene rings is 6. The van der Waals surface area contributed by atoms with Crippen LogP contribution in [-0.4, -0.2) is 76.4 Å². The number of urea groups is 1. The van der Waals surface area contributed by atoms with Crippen LogP contribution in [0.4, 0.5) is 10.5 Å². The van der Waals surface area contributed by atoms with Crippen molar-refractivity contribution in [2.45, 2.75) is 55.1 Å². The highest BCUT2D eigenvalue weighted by Crippen LogP contribution is 2.66. The summed E-state index contributed by atoms with van der Waals surface area (Å²) >= 11 is 0. The lowest BCUT2D eigenvalue weighted by Crippen LogP contribution is -2.56. The number of imide groups is 1. The van der Waals surface area contributed by atoms with Gasteiger partial charge in [-0.15, -0.1) is 0 Å². The van der Waals surface area contributed by atoms with Gasteiger partial charge in [0.2, 0.25) is 11.8 Å². The van der Waals surface area contributed by atoms with Crippen molar-refractivity contribution in [3.8, 4) is 17.6 Å². The molecule has 4 amide bonds. The molecule has 3 heterocycles. The number of aliphatic hydroxyl groups is 3. The summed E-state index contributed by atoms with van der Waals surface area (Å²) in [4.78, 5) is 65.8. The first-order valence-corrected chi connectivity index (χ1v) is 23.0. The molecule has 69 heavy (non-hydrogen) atoms. The number of ether oxygens (including phenoxy) is 2. The molecule has 9 rings (SSSR count). The van der Waals surface area contributed by atoms with Gasteiger partial charge in [0.1, 0.15) is 29.9 Å². The zero-order valence-corrected chi connectivity index (χ0v) is 37.9. The Morgan fingerprint density at radius 3 is 2.06 bits per heavy atom. The fourth-order valence-corrected chi connectivity index (χ4v) is 10.3. The van der Waals surface area contributed by atoms with Crippen LogP contribution in [0.25, 0.3) is 0 Å². The number of fused-ring (bicyclic) bond motifs is 3. The van der Waals surface area contributed by atoms with Gasteiger partial charge in [-0.2, -0.15) is 0 Å². The van der Waals surface area contributed by atoms with E-state index in [-0.39, 0.29) is 44.0 Å². The molecule has 2 saturated heterocycles. The molecule has 13 heteroatoms. The highest BCUT2D eigenvalue weighted by Gasteiger charge is 2.75. The zero-order chi connectivity index (χ0) is 48.1. The van der Waals surface area contributed by atoms with Gasteiger partial charge in [0.25, 0.3) is 0 Å². The van der Waals surface area contributed by atoms with Crippen LogP contribution in [0.15, 0.2) is 164 Å². The lowest BCUT2D eigenvalue weighted by molar-refractivity contribution is -0.178. The molecule has 0 saturated carbocycles. The normalized spacial score (nSPS) is 22.4.